The number of carbonyl (C=O) groups excluding carboxylic acids is 1. The fourth-order valence-corrected chi connectivity index (χ4v) is 5.32. The van der Waals surface area contributed by atoms with E-state index >= 15 is 0 Å². The molecule has 3 aromatic carbocycles. The van der Waals surface area contributed by atoms with Crippen molar-refractivity contribution >= 4 is 29.3 Å². The maximum absolute atomic E-state index is 13.8. The van der Waals surface area contributed by atoms with E-state index in [9.17, 15) is 4.79 Å². The molecule has 8 nitrogen and oxygen atoms in total. The number of allylic oxidation sites excluding steroid dienone is 1. The molecule has 5 rings (SSSR count). The van der Waals surface area contributed by atoms with E-state index in [1.54, 1.807) is 16.4 Å². The molecule has 1 amide bonds. The van der Waals surface area contributed by atoms with Gasteiger partial charge < -0.3 is 20.1 Å². The summed E-state index contributed by atoms with van der Waals surface area (Å²) in [5.41, 5.74) is 5.10. The van der Waals surface area contributed by atoms with Crippen LogP contribution in [0, 0.1) is 6.92 Å². The lowest BCUT2D eigenvalue weighted by Crippen LogP contribution is -2.31. The number of benzene rings is 3. The molecular formula is C32H35N5O3S. The molecule has 1 aliphatic heterocycles. The van der Waals surface area contributed by atoms with Crippen molar-refractivity contribution in [1.29, 1.82) is 0 Å². The normalized spacial score (nSPS) is 14.3. The third kappa shape index (κ3) is 6.57. The van der Waals surface area contributed by atoms with E-state index in [0.717, 1.165) is 29.0 Å². The molecule has 2 N–H and O–H groups in total. The number of aryl methyl sites for hydroxylation is 1. The minimum absolute atomic E-state index is 0.215. The first-order valence-corrected chi connectivity index (χ1v) is 14.8. The molecule has 212 valence electrons. The van der Waals surface area contributed by atoms with E-state index in [0.29, 0.717) is 47.1 Å². The summed E-state index contributed by atoms with van der Waals surface area (Å²) in [6, 6.07) is 23.0. The Morgan fingerprint density at radius 3 is 2.51 bits per heavy atom. The van der Waals surface area contributed by atoms with Crippen molar-refractivity contribution < 1.29 is 14.3 Å². The highest BCUT2D eigenvalue weighted by molar-refractivity contribution is 7.99. The topological polar surface area (TPSA) is 90.3 Å². The standard InChI is InChI=1S/C32H35N5O3S/c1-5-18-41-32-35-31-33-22(4)28(30(38)34-25-10-8-7-9-11-25)29(37(31)36-32)24-16-17-26(27(19-24)39-6-2)40-20-23-14-12-21(3)13-15-23/h7-17,19,29H,5-6,18,20H2,1-4H3,(H,34,38)(H,33,35,36). The van der Waals surface area contributed by atoms with Gasteiger partial charge in [0.05, 0.1) is 12.2 Å². The Morgan fingerprint density at radius 1 is 1.00 bits per heavy atom. The Hall–Kier alpha value is -4.24. The van der Waals surface area contributed by atoms with Gasteiger partial charge in [0.25, 0.3) is 5.91 Å². The van der Waals surface area contributed by atoms with Gasteiger partial charge in [-0.15, -0.1) is 5.10 Å². The molecule has 0 radical (unpaired) electrons. The molecule has 0 fully saturated rings. The average molecular weight is 570 g/mol. The van der Waals surface area contributed by atoms with Gasteiger partial charge in [-0.05, 0) is 62.6 Å². The quantitative estimate of drug-likeness (QED) is 0.188. The molecule has 4 aromatic rings. The Kier molecular flexibility index (Phi) is 8.94. The zero-order valence-electron chi connectivity index (χ0n) is 23.8. The van der Waals surface area contributed by atoms with Crippen molar-refractivity contribution in [3.8, 4) is 11.5 Å². The zero-order chi connectivity index (χ0) is 28.8. The maximum Gasteiger partial charge on any atom is 0.255 e. The van der Waals surface area contributed by atoms with Gasteiger partial charge in [0.15, 0.2) is 11.5 Å². The number of nitrogens with zero attached hydrogens (tertiary/aromatic N) is 3. The van der Waals surface area contributed by atoms with Crippen LogP contribution in [0.1, 0.15) is 49.9 Å². The highest BCUT2D eigenvalue weighted by Crippen LogP contribution is 2.40. The number of hydrogen-bond donors (Lipinski definition) is 2. The highest BCUT2D eigenvalue weighted by Gasteiger charge is 2.35. The van der Waals surface area contributed by atoms with Gasteiger partial charge in [0.1, 0.15) is 12.6 Å². The van der Waals surface area contributed by atoms with Crippen LogP contribution in [0.2, 0.25) is 0 Å². The molecule has 0 saturated heterocycles. The van der Waals surface area contributed by atoms with Crippen molar-refractivity contribution in [2.24, 2.45) is 0 Å². The molecule has 0 bridgehead atoms. The van der Waals surface area contributed by atoms with Crippen LogP contribution in [0.3, 0.4) is 0 Å². The second-order valence-electron chi connectivity index (χ2n) is 9.81. The number of ether oxygens (including phenoxy) is 2. The second kappa shape index (κ2) is 13.0. The lowest BCUT2D eigenvalue weighted by atomic mass is 9.94. The van der Waals surface area contributed by atoms with Crippen LogP contribution in [0.25, 0.3) is 0 Å². The van der Waals surface area contributed by atoms with Gasteiger partial charge in [-0.3, -0.25) is 4.79 Å². The zero-order valence-corrected chi connectivity index (χ0v) is 24.6. The van der Waals surface area contributed by atoms with Crippen LogP contribution in [-0.4, -0.2) is 33.0 Å². The van der Waals surface area contributed by atoms with Crippen LogP contribution in [0.15, 0.2) is 89.2 Å². The number of aromatic nitrogens is 3. The monoisotopic (exact) mass is 569 g/mol. The summed E-state index contributed by atoms with van der Waals surface area (Å²) >= 11 is 1.60. The number of hydrogen-bond acceptors (Lipinski definition) is 7. The number of carbonyl (C=O) groups is 1. The molecular weight excluding hydrogens is 534 g/mol. The smallest absolute Gasteiger partial charge is 0.255 e. The first kappa shape index (κ1) is 28.3. The third-order valence-electron chi connectivity index (χ3n) is 6.64. The largest absolute Gasteiger partial charge is 0.490 e. The lowest BCUT2D eigenvalue weighted by molar-refractivity contribution is -0.113. The Bertz CT molecular complexity index is 1530. The fraction of sp³-hybridized carbons (Fsp3) is 0.281. The average Bonchev–Trinajstić information content (AvgIpc) is 3.38. The van der Waals surface area contributed by atoms with Gasteiger partial charge in [-0.1, -0.05) is 72.8 Å². The van der Waals surface area contributed by atoms with Gasteiger partial charge in [-0.25, -0.2) is 4.68 Å². The summed E-state index contributed by atoms with van der Waals surface area (Å²) in [5, 5.41) is 11.8. The van der Waals surface area contributed by atoms with Crippen LogP contribution < -0.4 is 20.1 Å². The molecule has 0 spiro atoms. The lowest BCUT2D eigenvalue weighted by Gasteiger charge is -2.29. The van der Waals surface area contributed by atoms with Gasteiger partial charge in [0, 0.05) is 17.1 Å². The Labute approximate surface area is 245 Å². The Balaban J connectivity index is 1.52. The number of anilines is 2. The highest BCUT2D eigenvalue weighted by atomic mass is 32.2. The van der Waals surface area contributed by atoms with E-state index in [2.05, 4.69) is 48.7 Å². The molecule has 2 heterocycles. The summed E-state index contributed by atoms with van der Waals surface area (Å²) in [4.78, 5) is 18.5. The van der Waals surface area contributed by atoms with Crippen molar-refractivity contribution in [3.05, 3.63) is 101 Å². The van der Waals surface area contributed by atoms with Crippen molar-refractivity contribution in [1.82, 2.24) is 14.8 Å². The van der Waals surface area contributed by atoms with Crippen LogP contribution >= 0.6 is 11.8 Å². The minimum Gasteiger partial charge on any atom is -0.490 e. The summed E-state index contributed by atoms with van der Waals surface area (Å²) < 4.78 is 14.0. The molecule has 1 atom stereocenters. The molecule has 1 aromatic heterocycles. The molecule has 1 aliphatic rings. The van der Waals surface area contributed by atoms with E-state index < -0.39 is 6.04 Å². The third-order valence-corrected chi connectivity index (χ3v) is 7.69. The number of fused-ring (bicyclic) bond motifs is 1. The molecule has 0 aliphatic carbocycles. The number of nitrogens with one attached hydrogen (secondary N) is 2. The van der Waals surface area contributed by atoms with E-state index in [1.807, 2.05) is 62.4 Å². The summed E-state index contributed by atoms with van der Waals surface area (Å²) in [6.07, 6.45) is 1.01. The summed E-state index contributed by atoms with van der Waals surface area (Å²) in [7, 11) is 0. The summed E-state index contributed by atoms with van der Waals surface area (Å²) in [5.74, 6) is 2.54. The molecule has 9 heteroatoms. The predicted octanol–water partition coefficient (Wildman–Crippen LogP) is 6.99. The molecule has 0 saturated carbocycles. The number of rotatable bonds is 11. The van der Waals surface area contributed by atoms with Crippen LogP contribution in [0.4, 0.5) is 11.6 Å². The van der Waals surface area contributed by atoms with Crippen molar-refractivity contribution in [3.63, 3.8) is 0 Å². The van der Waals surface area contributed by atoms with Gasteiger partial charge in [-0.2, -0.15) is 4.98 Å². The van der Waals surface area contributed by atoms with E-state index in [1.165, 1.54) is 5.56 Å². The van der Waals surface area contributed by atoms with Crippen molar-refractivity contribution in [2.75, 3.05) is 23.0 Å². The van der Waals surface area contributed by atoms with E-state index in [4.69, 9.17) is 19.6 Å². The van der Waals surface area contributed by atoms with Gasteiger partial charge >= 0.3 is 0 Å². The number of amides is 1. The number of thioether (sulfide) groups is 1. The molecule has 41 heavy (non-hydrogen) atoms. The first-order valence-electron chi connectivity index (χ1n) is 13.9. The Morgan fingerprint density at radius 2 is 1.78 bits per heavy atom. The predicted molar refractivity (Wildman–Crippen MR) is 164 cm³/mol. The van der Waals surface area contributed by atoms with Crippen molar-refractivity contribution in [2.45, 2.75) is 51.9 Å². The van der Waals surface area contributed by atoms with Crippen LogP contribution in [-0.2, 0) is 11.4 Å². The van der Waals surface area contributed by atoms with Gasteiger partial charge in [0.2, 0.25) is 11.1 Å². The second-order valence-corrected chi connectivity index (χ2v) is 10.9. The number of para-hydroxylation sites is 1. The maximum atomic E-state index is 13.8. The first-order chi connectivity index (χ1) is 20.0. The van der Waals surface area contributed by atoms with E-state index in [-0.39, 0.29) is 5.91 Å². The van der Waals surface area contributed by atoms with Crippen LogP contribution in [0.5, 0.6) is 11.5 Å². The minimum atomic E-state index is -0.524. The SMILES string of the molecule is CCCSc1nc2n(n1)C(c1ccc(OCc3ccc(C)cc3)c(OCC)c1)C(C(=O)Nc1ccccc1)=C(C)N2. The molecule has 1 unspecified atom stereocenters. The fourth-order valence-electron chi connectivity index (χ4n) is 4.64. The summed E-state index contributed by atoms with van der Waals surface area (Å²) in [6.45, 7) is 8.91.